The van der Waals surface area contributed by atoms with Gasteiger partial charge in [0.15, 0.2) is 0 Å². The third kappa shape index (κ3) is 3.80. The summed E-state index contributed by atoms with van der Waals surface area (Å²) in [6.45, 7) is 4.74. The van der Waals surface area contributed by atoms with Crippen LogP contribution >= 0.6 is 0 Å². The van der Waals surface area contributed by atoms with Crippen molar-refractivity contribution in [3.05, 3.63) is 23.8 Å². The third-order valence-corrected chi connectivity index (χ3v) is 8.04. The van der Waals surface area contributed by atoms with Gasteiger partial charge in [0.2, 0.25) is 15.9 Å². The molecule has 4 rings (SSSR count). The highest BCUT2D eigenvalue weighted by atomic mass is 32.2. The van der Waals surface area contributed by atoms with Gasteiger partial charge in [-0.3, -0.25) is 9.59 Å². The number of hydrogen-bond acceptors (Lipinski definition) is 5. The molecule has 0 unspecified atom stereocenters. The van der Waals surface area contributed by atoms with Crippen molar-refractivity contribution in [1.82, 2.24) is 4.31 Å². The van der Waals surface area contributed by atoms with Gasteiger partial charge < -0.3 is 9.64 Å². The second-order valence-corrected chi connectivity index (χ2v) is 10.2. The van der Waals surface area contributed by atoms with E-state index < -0.39 is 10.0 Å². The van der Waals surface area contributed by atoms with Crippen LogP contribution in [0.2, 0.25) is 0 Å². The molecular weight excluding hydrogens is 392 g/mol. The summed E-state index contributed by atoms with van der Waals surface area (Å²) in [6.07, 6.45) is 3.52. The summed E-state index contributed by atoms with van der Waals surface area (Å²) < 4.78 is 32.8. The van der Waals surface area contributed by atoms with Crippen LogP contribution in [0.15, 0.2) is 23.1 Å². The molecule has 0 radical (unpaired) electrons. The number of carbonyl (C=O) groups excluding carboxylic acids is 2. The van der Waals surface area contributed by atoms with Gasteiger partial charge in [-0.05, 0) is 69.7 Å². The number of ether oxygens (including phenoxy) is 1. The van der Waals surface area contributed by atoms with Crippen LogP contribution in [-0.4, -0.2) is 50.3 Å². The molecule has 29 heavy (non-hydrogen) atoms. The van der Waals surface area contributed by atoms with Crippen molar-refractivity contribution in [2.75, 3.05) is 24.6 Å². The van der Waals surface area contributed by atoms with Gasteiger partial charge in [-0.25, -0.2) is 8.42 Å². The fourth-order valence-electron chi connectivity index (χ4n) is 4.37. The Bertz CT molecular complexity index is 917. The quantitative estimate of drug-likeness (QED) is 0.683. The van der Waals surface area contributed by atoms with Gasteiger partial charge in [-0.1, -0.05) is 0 Å². The fourth-order valence-corrected chi connectivity index (χ4v) is 5.89. The standard InChI is InChI=1S/C21H28N2O5S/c1-3-28-21(25)16-8-10-22(11-9-16)29(26,27)18-6-7-19-17(13-18)12-14(2)23(19)20(24)15-4-5-15/h6-7,13-16H,3-5,8-12H2,1-2H3/t14-/m1/s1. The first-order valence-electron chi connectivity index (χ1n) is 10.5. The van der Waals surface area contributed by atoms with E-state index in [0.29, 0.717) is 39.0 Å². The molecule has 3 aliphatic rings. The SMILES string of the molecule is CCOC(=O)C1CCN(S(=O)(=O)c2ccc3c(c2)C[C@@H](C)N3C(=O)C2CC2)CC1. The molecule has 0 N–H and O–H groups in total. The van der Waals surface area contributed by atoms with Gasteiger partial charge >= 0.3 is 5.97 Å². The molecule has 1 atom stereocenters. The van der Waals surface area contributed by atoms with Crippen LogP contribution < -0.4 is 4.90 Å². The second kappa shape index (κ2) is 7.72. The number of carbonyl (C=O) groups is 2. The summed E-state index contributed by atoms with van der Waals surface area (Å²) in [5.41, 5.74) is 1.75. The van der Waals surface area contributed by atoms with Crippen LogP contribution in [0.5, 0.6) is 0 Å². The van der Waals surface area contributed by atoms with E-state index in [2.05, 4.69) is 0 Å². The Labute approximate surface area is 172 Å². The van der Waals surface area contributed by atoms with Gasteiger partial charge in [0.25, 0.3) is 0 Å². The molecule has 2 aliphatic heterocycles. The van der Waals surface area contributed by atoms with E-state index in [1.54, 1.807) is 25.1 Å². The fraction of sp³-hybridized carbons (Fsp3) is 0.619. The molecule has 1 amide bonds. The molecule has 2 fully saturated rings. The Balaban J connectivity index is 1.50. The molecule has 158 valence electrons. The van der Waals surface area contributed by atoms with E-state index in [1.165, 1.54) is 4.31 Å². The number of nitrogens with zero attached hydrogens (tertiary/aromatic N) is 2. The number of anilines is 1. The van der Waals surface area contributed by atoms with Gasteiger partial charge in [-0.2, -0.15) is 4.31 Å². The Hall–Kier alpha value is -1.93. The zero-order valence-electron chi connectivity index (χ0n) is 17.0. The molecule has 1 saturated heterocycles. The first-order chi connectivity index (χ1) is 13.8. The molecule has 8 heteroatoms. The predicted octanol–water partition coefficient (Wildman–Crippen LogP) is 2.34. The molecule has 0 bridgehead atoms. The van der Waals surface area contributed by atoms with Crippen molar-refractivity contribution >= 4 is 27.6 Å². The normalized spacial score (nSPS) is 23.1. The van der Waals surface area contributed by atoms with E-state index in [-0.39, 0.29) is 34.6 Å². The number of sulfonamides is 1. The summed E-state index contributed by atoms with van der Waals surface area (Å²) in [4.78, 5) is 26.6. The van der Waals surface area contributed by atoms with Crippen LogP contribution in [-0.2, 0) is 30.8 Å². The van der Waals surface area contributed by atoms with Gasteiger partial charge in [0, 0.05) is 30.7 Å². The number of esters is 1. The molecule has 1 aromatic rings. The number of hydrogen-bond donors (Lipinski definition) is 0. The second-order valence-electron chi connectivity index (χ2n) is 8.26. The third-order valence-electron chi connectivity index (χ3n) is 6.14. The molecule has 2 heterocycles. The lowest BCUT2D eigenvalue weighted by atomic mass is 9.98. The van der Waals surface area contributed by atoms with Crippen LogP contribution in [0.3, 0.4) is 0 Å². The van der Waals surface area contributed by atoms with E-state index >= 15 is 0 Å². The largest absolute Gasteiger partial charge is 0.466 e. The zero-order chi connectivity index (χ0) is 20.8. The van der Waals surface area contributed by atoms with Crippen molar-refractivity contribution in [2.45, 2.75) is 56.9 Å². The minimum absolute atomic E-state index is 0.0522. The molecule has 1 saturated carbocycles. The topological polar surface area (TPSA) is 84.0 Å². The first kappa shape index (κ1) is 20.3. The van der Waals surface area contributed by atoms with E-state index in [0.717, 1.165) is 24.1 Å². The van der Waals surface area contributed by atoms with Crippen molar-refractivity contribution in [3.8, 4) is 0 Å². The highest BCUT2D eigenvalue weighted by Gasteiger charge is 2.40. The Morgan fingerprint density at radius 3 is 2.41 bits per heavy atom. The number of rotatable bonds is 5. The summed E-state index contributed by atoms with van der Waals surface area (Å²) >= 11 is 0. The average molecular weight is 421 g/mol. The maximum absolute atomic E-state index is 13.1. The van der Waals surface area contributed by atoms with Crippen LogP contribution in [0.1, 0.15) is 45.1 Å². The Kier molecular flexibility index (Phi) is 5.42. The maximum atomic E-state index is 13.1. The summed E-state index contributed by atoms with van der Waals surface area (Å²) in [7, 11) is -3.63. The molecule has 0 spiro atoms. The highest BCUT2D eigenvalue weighted by molar-refractivity contribution is 7.89. The zero-order valence-corrected chi connectivity index (χ0v) is 17.8. The van der Waals surface area contributed by atoms with Crippen LogP contribution in [0, 0.1) is 11.8 Å². The van der Waals surface area contributed by atoms with Crippen molar-refractivity contribution < 1.29 is 22.7 Å². The summed E-state index contributed by atoms with van der Waals surface area (Å²) in [5.74, 6) is -0.179. The van der Waals surface area contributed by atoms with Crippen LogP contribution in [0.4, 0.5) is 5.69 Å². The van der Waals surface area contributed by atoms with Crippen molar-refractivity contribution in [2.24, 2.45) is 11.8 Å². The van der Waals surface area contributed by atoms with Gasteiger partial charge in [0.1, 0.15) is 0 Å². The lowest BCUT2D eigenvalue weighted by molar-refractivity contribution is -0.149. The molecular formula is C21H28N2O5S. The number of benzene rings is 1. The Morgan fingerprint density at radius 2 is 1.79 bits per heavy atom. The lowest BCUT2D eigenvalue weighted by Gasteiger charge is -2.30. The molecule has 7 nitrogen and oxygen atoms in total. The minimum atomic E-state index is -3.63. The minimum Gasteiger partial charge on any atom is -0.466 e. The highest BCUT2D eigenvalue weighted by Crippen LogP contribution is 2.40. The molecule has 0 aromatic heterocycles. The first-order valence-corrected chi connectivity index (χ1v) is 11.9. The molecule has 1 aromatic carbocycles. The van der Waals surface area contributed by atoms with E-state index in [1.807, 2.05) is 11.8 Å². The average Bonchev–Trinajstić information content (AvgIpc) is 3.49. The van der Waals surface area contributed by atoms with E-state index in [9.17, 15) is 18.0 Å². The smallest absolute Gasteiger partial charge is 0.309 e. The summed E-state index contributed by atoms with van der Waals surface area (Å²) in [6, 6.07) is 5.16. The summed E-state index contributed by atoms with van der Waals surface area (Å²) in [5, 5.41) is 0. The lowest BCUT2D eigenvalue weighted by Crippen LogP contribution is -2.40. The maximum Gasteiger partial charge on any atom is 0.309 e. The van der Waals surface area contributed by atoms with Gasteiger partial charge in [-0.15, -0.1) is 0 Å². The van der Waals surface area contributed by atoms with Crippen molar-refractivity contribution in [1.29, 1.82) is 0 Å². The molecule has 1 aliphatic carbocycles. The Morgan fingerprint density at radius 1 is 1.10 bits per heavy atom. The number of amides is 1. The van der Waals surface area contributed by atoms with Crippen molar-refractivity contribution in [3.63, 3.8) is 0 Å². The number of piperidine rings is 1. The predicted molar refractivity (Wildman–Crippen MR) is 108 cm³/mol. The van der Waals surface area contributed by atoms with E-state index in [4.69, 9.17) is 4.74 Å². The monoisotopic (exact) mass is 420 g/mol. The van der Waals surface area contributed by atoms with Gasteiger partial charge in [0.05, 0.1) is 17.4 Å². The van der Waals surface area contributed by atoms with Crippen LogP contribution in [0.25, 0.3) is 0 Å². The number of fused-ring (bicyclic) bond motifs is 1.